The van der Waals surface area contributed by atoms with Crippen molar-refractivity contribution in [2.45, 2.75) is 37.8 Å². The summed E-state index contributed by atoms with van der Waals surface area (Å²) in [6.45, 7) is 2.38. The van der Waals surface area contributed by atoms with E-state index in [0.29, 0.717) is 25.1 Å². The fourth-order valence-electron chi connectivity index (χ4n) is 6.28. The summed E-state index contributed by atoms with van der Waals surface area (Å²) in [7, 11) is 0. The fraction of sp³-hybridized carbons (Fsp3) is 0.300. The van der Waals surface area contributed by atoms with Crippen molar-refractivity contribution in [3.63, 3.8) is 0 Å². The molecule has 3 aromatic carbocycles. The molecule has 0 aliphatic carbocycles. The lowest BCUT2D eigenvalue weighted by atomic mass is 9.76. The van der Waals surface area contributed by atoms with Crippen LogP contribution in [0.2, 0.25) is 0 Å². The molecule has 3 aliphatic heterocycles. The zero-order valence-corrected chi connectivity index (χ0v) is 20.2. The predicted octanol–water partition coefficient (Wildman–Crippen LogP) is 3.45. The number of rotatable bonds is 6. The summed E-state index contributed by atoms with van der Waals surface area (Å²) in [6, 6.07) is 25.4. The maximum absolute atomic E-state index is 14.0. The van der Waals surface area contributed by atoms with E-state index in [1.54, 1.807) is 0 Å². The minimum Gasteiger partial charge on any atom is -0.324 e. The predicted molar refractivity (Wildman–Crippen MR) is 137 cm³/mol. The Kier molecular flexibility index (Phi) is 5.49. The first kappa shape index (κ1) is 22.7. The van der Waals surface area contributed by atoms with Crippen LogP contribution < -0.4 is 10.6 Å². The first-order chi connectivity index (χ1) is 17.5. The van der Waals surface area contributed by atoms with Crippen LogP contribution in [0.3, 0.4) is 0 Å². The summed E-state index contributed by atoms with van der Waals surface area (Å²) in [5.74, 6) is -2.06. The number of hydrogen-bond donors (Lipinski definition) is 2. The second-order valence-electron chi connectivity index (χ2n) is 10.0. The SMILES string of the molecule is CCc1ccc2c(c1)[C@]1(N[C@@H](Cc3ccccc3)[C@H]3C(=O)N(CCc4ccccc4)C(=O)[C@H]31)C(=O)N2. The van der Waals surface area contributed by atoms with E-state index in [0.717, 1.165) is 28.7 Å². The summed E-state index contributed by atoms with van der Waals surface area (Å²) in [5, 5.41) is 6.55. The highest BCUT2D eigenvalue weighted by Crippen LogP contribution is 2.53. The highest BCUT2D eigenvalue weighted by molar-refractivity contribution is 6.15. The molecule has 3 aliphatic rings. The van der Waals surface area contributed by atoms with E-state index in [1.807, 2.05) is 78.9 Å². The maximum atomic E-state index is 14.0. The molecule has 3 aromatic rings. The monoisotopic (exact) mass is 479 g/mol. The van der Waals surface area contributed by atoms with Crippen LogP contribution in [0.25, 0.3) is 0 Å². The number of anilines is 1. The Morgan fingerprint density at radius 3 is 2.22 bits per heavy atom. The van der Waals surface area contributed by atoms with Crippen molar-refractivity contribution in [2.24, 2.45) is 11.8 Å². The number of likely N-dealkylation sites (tertiary alicyclic amines) is 1. The Bertz CT molecular complexity index is 1340. The topological polar surface area (TPSA) is 78.5 Å². The Hall–Kier alpha value is -3.77. The molecule has 6 heteroatoms. The third kappa shape index (κ3) is 3.39. The average Bonchev–Trinajstić information content (AvgIpc) is 3.48. The Morgan fingerprint density at radius 2 is 1.53 bits per heavy atom. The van der Waals surface area contributed by atoms with Gasteiger partial charge in [0.25, 0.3) is 0 Å². The number of nitrogens with one attached hydrogen (secondary N) is 2. The second-order valence-corrected chi connectivity index (χ2v) is 10.0. The third-order valence-electron chi connectivity index (χ3n) is 8.04. The lowest BCUT2D eigenvalue weighted by molar-refractivity contribution is -0.142. The van der Waals surface area contributed by atoms with Crippen molar-refractivity contribution in [1.29, 1.82) is 0 Å². The summed E-state index contributed by atoms with van der Waals surface area (Å²) in [5.41, 5.74) is 3.47. The lowest BCUT2D eigenvalue weighted by Gasteiger charge is -2.30. The van der Waals surface area contributed by atoms with Gasteiger partial charge in [0, 0.05) is 23.8 Å². The molecule has 6 rings (SSSR count). The molecule has 6 nitrogen and oxygen atoms in total. The zero-order valence-electron chi connectivity index (χ0n) is 20.2. The third-order valence-corrected chi connectivity index (χ3v) is 8.04. The molecule has 36 heavy (non-hydrogen) atoms. The van der Waals surface area contributed by atoms with Crippen molar-refractivity contribution < 1.29 is 14.4 Å². The van der Waals surface area contributed by atoms with Gasteiger partial charge in [0.1, 0.15) is 5.54 Å². The molecule has 1 spiro atoms. The molecule has 2 saturated heterocycles. The first-order valence-electron chi connectivity index (χ1n) is 12.7. The van der Waals surface area contributed by atoms with Gasteiger partial charge in [-0.2, -0.15) is 0 Å². The molecule has 2 fully saturated rings. The van der Waals surface area contributed by atoms with Crippen LogP contribution in [0.15, 0.2) is 78.9 Å². The van der Waals surface area contributed by atoms with E-state index in [1.165, 1.54) is 4.90 Å². The lowest BCUT2D eigenvalue weighted by Crippen LogP contribution is -2.53. The first-order valence-corrected chi connectivity index (χ1v) is 12.7. The van der Waals surface area contributed by atoms with Crippen LogP contribution >= 0.6 is 0 Å². The number of benzene rings is 3. The van der Waals surface area contributed by atoms with Gasteiger partial charge in [-0.3, -0.25) is 24.6 Å². The molecular weight excluding hydrogens is 450 g/mol. The van der Waals surface area contributed by atoms with Gasteiger partial charge in [0.15, 0.2) is 0 Å². The van der Waals surface area contributed by atoms with Gasteiger partial charge < -0.3 is 5.32 Å². The van der Waals surface area contributed by atoms with Crippen LogP contribution in [-0.4, -0.2) is 35.2 Å². The van der Waals surface area contributed by atoms with E-state index in [-0.39, 0.29) is 23.8 Å². The van der Waals surface area contributed by atoms with Gasteiger partial charge in [-0.05, 0) is 42.0 Å². The number of carbonyl (C=O) groups excluding carboxylic acids is 3. The Labute approximate surface area is 210 Å². The molecule has 3 heterocycles. The minimum atomic E-state index is -1.25. The van der Waals surface area contributed by atoms with E-state index in [2.05, 4.69) is 17.6 Å². The van der Waals surface area contributed by atoms with Crippen LogP contribution in [0.5, 0.6) is 0 Å². The molecule has 0 bridgehead atoms. The number of nitrogens with zero attached hydrogens (tertiary/aromatic N) is 1. The van der Waals surface area contributed by atoms with Crippen LogP contribution in [0.1, 0.15) is 29.2 Å². The van der Waals surface area contributed by atoms with E-state index in [4.69, 9.17) is 0 Å². The summed E-state index contributed by atoms with van der Waals surface area (Å²) >= 11 is 0. The van der Waals surface area contributed by atoms with Crippen LogP contribution in [-0.2, 0) is 39.2 Å². The smallest absolute Gasteiger partial charge is 0.250 e. The van der Waals surface area contributed by atoms with Crippen molar-refractivity contribution >= 4 is 23.4 Å². The van der Waals surface area contributed by atoms with Crippen molar-refractivity contribution in [1.82, 2.24) is 10.2 Å². The Balaban J connectivity index is 1.41. The number of fused-ring (bicyclic) bond motifs is 4. The molecule has 4 atom stereocenters. The molecule has 0 radical (unpaired) electrons. The molecule has 3 amide bonds. The number of amides is 3. The second kappa shape index (κ2) is 8.71. The quantitative estimate of drug-likeness (QED) is 0.531. The highest BCUT2D eigenvalue weighted by atomic mass is 16.2. The van der Waals surface area contributed by atoms with Gasteiger partial charge in [-0.25, -0.2) is 0 Å². The summed E-state index contributed by atoms with van der Waals surface area (Å²) < 4.78 is 0. The van der Waals surface area contributed by atoms with Gasteiger partial charge in [0.2, 0.25) is 17.7 Å². The van der Waals surface area contributed by atoms with E-state index in [9.17, 15) is 14.4 Å². The van der Waals surface area contributed by atoms with Crippen molar-refractivity contribution in [3.8, 4) is 0 Å². The zero-order chi connectivity index (χ0) is 24.9. The fourth-order valence-corrected chi connectivity index (χ4v) is 6.28. The Morgan fingerprint density at radius 1 is 0.833 bits per heavy atom. The molecule has 0 unspecified atom stereocenters. The molecule has 0 aromatic heterocycles. The number of hydrogen-bond acceptors (Lipinski definition) is 4. The normalized spacial score (nSPS) is 26.4. The molecule has 0 saturated carbocycles. The standard InChI is InChI=1S/C30H29N3O3/c1-2-19-13-14-23-22(17-19)30(29(36)31-23)26-25(24(32-30)18-21-11-7-4-8-12-21)27(34)33(28(26)35)16-15-20-9-5-3-6-10-20/h3-14,17,24-26,32H,2,15-16,18H2,1H3,(H,31,36)/t24-,25+,26-,30+/m0/s1. The highest BCUT2D eigenvalue weighted by Gasteiger charge is 2.70. The van der Waals surface area contributed by atoms with Crippen LogP contribution in [0.4, 0.5) is 5.69 Å². The van der Waals surface area contributed by atoms with Gasteiger partial charge in [-0.15, -0.1) is 0 Å². The van der Waals surface area contributed by atoms with Crippen LogP contribution in [0, 0.1) is 11.8 Å². The van der Waals surface area contributed by atoms with Gasteiger partial charge in [-0.1, -0.05) is 79.7 Å². The van der Waals surface area contributed by atoms with Crippen molar-refractivity contribution in [2.75, 3.05) is 11.9 Å². The number of aryl methyl sites for hydroxylation is 1. The van der Waals surface area contributed by atoms with E-state index < -0.39 is 17.4 Å². The van der Waals surface area contributed by atoms with Gasteiger partial charge >= 0.3 is 0 Å². The van der Waals surface area contributed by atoms with E-state index >= 15 is 0 Å². The summed E-state index contributed by atoms with van der Waals surface area (Å²) in [4.78, 5) is 42.9. The average molecular weight is 480 g/mol. The summed E-state index contributed by atoms with van der Waals surface area (Å²) in [6.07, 6.45) is 1.96. The minimum absolute atomic E-state index is 0.181. The molecular formula is C30H29N3O3. The number of carbonyl (C=O) groups is 3. The maximum Gasteiger partial charge on any atom is 0.250 e. The molecule has 2 N–H and O–H groups in total. The van der Waals surface area contributed by atoms with Crippen molar-refractivity contribution in [3.05, 3.63) is 101 Å². The largest absolute Gasteiger partial charge is 0.324 e. The van der Waals surface area contributed by atoms with Gasteiger partial charge in [0.05, 0.1) is 11.8 Å². The number of imide groups is 1. The molecule has 182 valence electrons.